The van der Waals surface area contributed by atoms with E-state index in [-0.39, 0.29) is 36.8 Å². The Kier molecular flexibility index (Phi) is 15.5. The van der Waals surface area contributed by atoms with E-state index in [0.717, 1.165) is 22.0 Å². The first-order valence-corrected chi connectivity index (χ1v) is 18.3. The molecule has 286 valence electrons. The highest BCUT2D eigenvalue weighted by Gasteiger charge is 2.43. The maximum absolute atomic E-state index is 12.3. The SMILES string of the molecule is O=C(CCCCCCCCC(=O)OC(O)[C@H]1O[C@@H](n2cc(C=CBr)c(=O)[nH]c2=O)C[C@@H]1O)OC(O)[C@H]1O[C@@H](n2cc(C=CBr)c(=O)[nH]c2=O)C[C@@H]1O. The van der Waals surface area contributed by atoms with Gasteiger partial charge in [-0.25, -0.2) is 9.59 Å². The molecule has 18 nitrogen and oxygen atoms in total. The van der Waals surface area contributed by atoms with Crippen molar-refractivity contribution in [1.82, 2.24) is 19.1 Å². The van der Waals surface area contributed by atoms with Crippen LogP contribution in [0.5, 0.6) is 0 Å². The summed E-state index contributed by atoms with van der Waals surface area (Å²) in [7, 11) is 0. The number of H-pyrrole nitrogens is 2. The first-order valence-electron chi connectivity index (χ1n) is 16.5. The highest BCUT2D eigenvalue weighted by molar-refractivity contribution is 9.11. The van der Waals surface area contributed by atoms with Gasteiger partial charge in [-0.2, -0.15) is 0 Å². The molecule has 0 bridgehead atoms. The zero-order valence-electron chi connectivity index (χ0n) is 27.7. The molecule has 6 N–H and O–H groups in total. The zero-order chi connectivity index (χ0) is 37.9. The minimum atomic E-state index is -1.79. The minimum Gasteiger partial charge on any atom is -0.433 e. The fourth-order valence-electron chi connectivity index (χ4n) is 5.78. The summed E-state index contributed by atoms with van der Waals surface area (Å²) in [5, 5.41) is 41.6. The average molecular weight is 864 g/mol. The third-order valence-electron chi connectivity index (χ3n) is 8.45. The molecule has 2 aliphatic heterocycles. The Morgan fingerprint density at radius 3 is 1.46 bits per heavy atom. The number of aliphatic hydroxyl groups is 4. The molecule has 0 spiro atoms. The van der Waals surface area contributed by atoms with Crippen molar-refractivity contribution >= 4 is 56.0 Å². The highest BCUT2D eigenvalue weighted by Crippen LogP contribution is 2.31. The maximum atomic E-state index is 12.3. The Morgan fingerprint density at radius 2 is 1.10 bits per heavy atom. The lowest BCUT2D eigenvalue weighted by Crippen LogP contribution is -2.38. The molecule has 2 aromatic heterocycles. The van der Waals surface area contributed by atoms with Gasteiger partial charge in [0.1, 0.15) is 24.7 Å². The molecule has 2 aromatic rings. The fraction of sp³-hybridized carbons (Fsp3) is 0.562. The monoisotopic (exact) mass is 862 g/mol. The lowest BCUT2D eigenvalue weighted by atomic mass is 10.1. The largest absolute Gasteiger partial charge is 0.433 e. The van der Waals surface area contributed by atoms with Crippen LogP contribution in [0.25, 0.3) is 12.2 Å². The van der Waals surface area contributed by atoms with Crippen LogP contribution >= 0.6 is 31.9 Å². The number of carbonyl (C=O) groups excluding carboxylic acids is 2. The van der Waals surface area contributed by atoms with Gasteiger partial charge in [-0.05, 0) is 35.0 Å². The van der Waals surface area contributed by atoms with E-state index in [1.165, 1.54) is 34.5 Å². The summed E-state index contributed by atoms with van der Waals surface area (Å²) >= 11 is 6.12. The molecule has 20 heteroatoms. The molecule has 2 saturated heterocycles. The Balaban J connectivity index is 1.09. The molecule has 0 saturated carbocycles. The van der Waals surface area contributed by atoms with Crippen molar-refractivity contribution in [2.24, 2.45) is 0 Å². The van der Waals surface area contributed by atoms with Crippen molar-refractivity contribution in [2.45, 2.75) is 114 Å². The van der Waals surface area contributed by atoms with Crippen molar-refractivity contribution in [3.63, 3.8) is 0 Å². The van der Waals surface area contributed by atoms with E-state index in [2.05, 4.69) is 41.8 Å². The maximum Gasteiger partial charge on any atom is 0.330 e. The summed E-state index contributed by atoms with van der Waals surface area (Å²) in [5.74, 6) is -1.41. The summed E-state index contributed by atoms with van der Waals surface area (Å²) < 4.78 is 23.4. The summed E-state index contributed by atoms with van der Waals surface area (Å²) in [5.41, 5.74) is -2.47. The van der Waals surface area contributed by atoms with Crippen molar-refractivity contribution in [2.75, 3.05) is 0 Å². The van der Waals surface area contributed by atoms with Gasteiger partial charge in [0.25, 0.3) is 11.1 Å². The quantitative estimate of drug-likeness (QED) is 0.0736. The predicted octanol–water partition coefficient (Wildman–Crippen LogP) is 0.959. The number of hydrogen-bond acceptors (Lipinski definition) is 14. The molecule has 2 unspecified atom stereocenters. The number of nitrogens with zero attached hydrogens (tertiary/aromatic N) is 2. The molecule has 0 aromatic carbocycles. The summed E-state index contributed by atoms with van der Waals surface area (Å²) in [6, 6.07) is 0. The van der Waals surface area contributed by atoms with Crippen LogP contribution in [0.2, 0.25) is 0 Å². The lowest BCUT2D eigenvalue weighted by molar-refractivity contribution is -0.204. The normalized spacial score (nSPS) is 24.4. The first kappa shape index (κ1) is 41.3. The Morgan fingerprint density at radius 1 is 0.731 bits per heavy atom. The number of esters is 2. The molecule has 2 aliphatic rings. The van der Waals surface area contributed by atoms with Gasteiger partial charge in [0.15, 0.2) is 0 Å². The second kappa shape index (κ2) is 19.5. The first-order chi connectivity index (χ1) is 24.8. The standard InChI is InChI=1S/C32H40Br2N4O14/c33-11-9-17-15-37(31(47)35-27(17)43)21-13-19(39)25(49-21)29(45)51-23(41)7-5-3-1-2-4-6-8-24(42)52-30(46)26-20(40)14-22(50-26)38-16-18(10-12-34)28(44)36-32(38)48/h9-12,15-16,19-22,25-26,29-30,39-40,45-46H,1-8,13-14H2,(H,35,43,47)(H,36,44,48)/t19-,20-,21+,22+,25-,26-,29?,30?/m0/s1. The van der Waals surface area contributed by atoms with E-state index in [9.17, 15) is 49.2 Å². The fourth-order valence-corrected chi connectivity index (χ4v) is 6.35. The van der Waals surface area contributed by atoms with Crippen LogP contribution in [0.15, 0.2) is 41.5 Å². The number of nitrogens with one attached hydrogen (secondary N) is 2. The van der Waals surface area contributed by atoms with Crippen LogP contribution < -0.4 is 22.5 Å². The number of carbonyl (C=O) groups is 2. The smallest absolute Gasteiger partial charge is 0.330 e. The Bertz CT molecular complexity index is 1710. The van der Waals surface area contributed by atoms with Crippen LogP contribution in [0.4, 0.5) is 0 Å². The van der Waals surface area contributed by atoms with Gasteiger partial charge in [0, 0.05) is 38.1 Å². The van der Waals surface area contributed by atoms with Crippen LogP contribution in [-0.2, 0) is 28.5 Å². The molecule has 4 rings (SSSR count). The van der Waals surface area contributed by atoms with E-state index in [4.69, 9.17) is 18.9 Å². The summed E-state index contributed by atoms with van der Waals surface area (Å²) in [6.07, 6.45) is -1.91. The van der Waals surface area contributed by atoms with Gasteiger partial charge in [-0.3, -0.25) is 38.3 Å². The molecular weight excluding hydrogens is 824 g/mol. The summed E-state index contributed by atoms with van der Waals surface area (Å²) in [6.45, 7) is 0. The van der Waals surface area contributed by atoms with E-state index in [0.29, 0.717) is 25.7 Å². The van der Waals surface area contributed by atoms with Gasteiger partial charge < -0.3 is 39.4 Å². The van der Waals surface area contributed by atoms with Gasteiger partial charge in [0.2, 0.25) is 12.6 Å². The third-order valence-corrected chi connectivity index (χ3v) is 8.98. The average Bonchev–Trinajstić information content (AvgIpc) is 3.67. The van der Waals surface area contributed by atoms with Crippen molar-refractivity contribution in [3.05, 3.63) is 75.2 Å². The van der Waals surface area contributed by atoms with Crippen molar-refractivity contribution in [3.8, 4) is 0 Å². The molecule has 4 heterocycles. The van der Waals surface area contributed by atoms with Gasteiger partial charge in [0.05, 0.1) is 23.3 Å². The third kappa shape index (κ3) is 11.0. The number of halogens is 2. The van der Waals surface area contributed by atoms with E-state index < -0.39 is 83.9 Å². The summed E-state index contributed by atoms with van der Waals surface area (Å²) in [4.78, 5) is 80.2. The topological polar surface area (TPSA) is 262 Å². The number of unbranched alkanes of at least 4 members (excludes halogenated alkanes) is 5. The number of aliphatic hydroxyl groups excluding tert-OH is 4. The zero-order valence-corrected chi connectivity index (χ0v) is 30.8. The molecule has 2 fully saturated rings. The van der Waals surface area contributed by atoms with Gasteiger partial charge in [-0.1, -0.05) is 57.5 Å². The second-order valence-corrected chi connectivity index (χ2v) is 13.2. The van der Waals surface area contributed by atoms with Crippen molar-refractivity contribution < 1.29 is 49.0 Å². The second-order valence-electron chi connectivity index (χ2n) is 12.2. The molecule has 0 amide bonds. The van der Waals surface area contributed by atoms with Crippen molar-refractivity contribution in [1.29, 1.82) is 0 Å². The molecule has 52 heavy (non-hydrogen) atoms. The van der Waals surface area contributed by atoms with E-state index >= 15 is 0 Å². The van der Waals surface area contributed by atoms with Crippen LogP contribution in [-0.4, -0.2) is 88.5 Å². The Hall–Kier alpha value is -3.50. The molecule has 8 atom stereocenters. The van der Waals surface area contributed by atoms with Gasteiger partial charge >= 0.3 is 23.3 Å². The Labute approximate surface area is 311 Å². The van der Waals surface area contributed by atoms with Gasteiger partial charge in [-0.15, -0.1) is 0 Å². The number of aromatic nitrogens is 4. The van der Waals surface area contributed by atoms with Crippen LogP contribution in [0.1, 0.15) is 87.8 Å². The number of ether oxygens (including phenoxy) is 4. The molecular formula is C32H40Br2N4O14. The highest BCUT2D eigenvalue weighted by atomic mass is 79.9. The van der Waals surface area contributed by atoms with Crippen LogP contribution in [0, 0.1) is 0 Å². The van der Waals surface area contributed by atoms with E-state index in [1.54, 1.807) is 0 Å². The molecule has 0 aliphatic carbocycles. The molecule has 0 radical (unpaired) electrons. The lowest BCUT2D eigenvalue weighted by Gasteiger charge is -2.21. The number of aromatic amines is 2. The number of hydrogen-bond donors (Lipinski definition) is 6. The van der Waals surface area contributed by atoms with E-state index in [1.807, 2.05) is 0 Å². The number of rotatable bonds is 17. The van der Waals surface area contributed by atoms with Crippen LogP contribution in [0.3, 0.4) is 0 Å². The minimum absolute atomic E-state index is 0.00299. The predicted molar refractivity (Wildman–Crippen MR) is 189 cm³/mol.